The highest BCUT2D eigenvalue weighted by atomic mass is 16.3. The predicted octanol–water partition coefficient (Wildman–Crippen LogP) is 2.71. The van der Waals surface area contributed by atoms with Crippen LogP contribution >= 0.6 is 0 Å². The molecule has 18 heavy (non-hydrogen) atoms. The topological polar surface area (TPSA) is 42.4 Å². The van der Waals surface area contributed by atoms with Crippen molar-refractivity contribution in [3.63, 3.8) is 0 Å². The molecule has 0 spiro atoms. The zero-order chi connectivity index (χ0) is 12.5. The molecule has 1 unspecified atom stereocenters. The van der Waals surface area contributed by atoms with Gasteiger partial charge in [-0.15, -0.1) is 0 Å². The first-order chi connectivity index (χ1) is 8.76. The Morgan fingerprint density at radius 1 is 1.22 bits per heavy atom. The molecule has 0 bridgehead atoms. The van der Waals surface area contributed by atoms with Crippen molar-refractivity contribution in [1.29, 1.82) is 0 Å². The van der Waals surface area contributed by atoms with Gasteiger partial charge in [-0.1, -0.05) is 0 Å². The third-order valence-corrected chi connectivity index (χ3v) is 4.13. The van der Waals surface area contributed by atoms with Gasteiger partial charge in [0.05, 0.1) is 6.04 Å². The molecule has 100 valence electrons. The molecular formula is C15H24N2O. The molecule has 1 aromatic rings. The molecule has 1 heterocycles. The first-order valence-electron chi connectivity index (χ1n) is 7.26. The number of nitrogens with two attached hydrogens (primary N) is 1. The fourth-order valence-electron chi connectivity index (χ4n) is 2.67. The lowest BCUT2D eigenvalue weighted by Gasteiger charge is -2.29. The van der Waals surface area contributed by atoms with E-state index in [0.717, 1.165) is 23.4 Å². The van der Waals surface area contributed by atoms with E-state index < -0.39 is 0 Å². The maximum atomic E-state index is 6.01. The third kappa shape index (κ3) is 2.96. The highest BCUT2D eigenvalue weighted by Gasteiger charge is 2.33. The van der Waals surface area contributed by atoms with Gasteiger partial charge in [0.1, 0.15) is 11.5 Å². The Labute approximate surface area is 109 Å². The number of rotatable bonds is 7. The second-order valence-electron chi connectivity index (χ2n) is 6.04. The maximum Gasteiger partial charge on any atom is 0.122 e. The van der Waals surface area contributed by atoms with Crippen molar-refractivity contribution in [3.05, 3.63) is 23.7 Å². The summed E-state index contributed by atoms with van der Waals surface area (Å²) in [6, 6.07) is 4.42. The fraction of sp³-hybridized carbons (Fsp3) is 0.733. The van der Waals surface area contributed by atoms with Gasteiger partial charge in [0.15, 0.2) is 0 Å². The molecule has 0 saturated heterocycles. The first kappa shape index (κ1) is 12.2. The Kier molecular flexibility index (Phi) is 3.44. The van der Waals surface area contributed by atoms with Crippen LogP contribution in [0.15, 0.2) is 16.5 Å². The van der Waals surface area contributed by atoms with E-state index in [2.05, 4.69) is 11.0 Å². The van der Waals surface area contributed by atoms with Gasteiger partial charge in [-0.2, -0.15) is 0 Å². The lowest BCUT2D eigenvalue weighted by Crippen LogP contribution is -2.36. The van der Waals surface area contributed by atoms with E-state index in [1.165, 1.54) is 38.8 Å². The van der Waals surface area contributed by atoms with E-state index in [0.29, 0.717) is 6.54 Å². The SMILES string of the molecule is Cc1ccc(C(CN)N(CC2CC2)CC2CC2)o1. The monoisotopic (exact) mass is 248 g/mol. The molecule has 1 aromatic heterocycles. The van der Waals surface area contributed by atoms with Gasteiger partial charge in [0, 0.05) is 19.6 Å². The van der Waals surface area contributed by atoms with Gasteiger partial charge in [-0.05, 0) is 56.6 Å². The second-order valence-corrected chi connectivity index (χ2v) is 6.04. The molecule has 2 aliphatic carbocycles. The van der Waals surface area contributed by atoms with Crippen molar-refractivity contribution in [2.45, 2.75) is 38.6 Å². The molecule has 2 N–H and O–H groups in total. The predicted molar refractivity (Wildman–Crippen MR) is 72.3 cm³/mol. The first-order valence-corrected chi connectivity index (χ1v) is 7.26. The molecule has 0 aromatic carbocycles. The zero-order valence-electron chi connectivity index (χ0n) is 11.3. The van der Waals surface area contributed by atoms with Crippen molar-refractivity contribution in [3.8, 4) is 0 Å². The van der Waals surface area contributed by atoms with Crippen LogP contribution in [-0.4, -0.2) is 24.5 Å². The van der Waals surface area contributed by atoms with Crippen molar-refractivity contribution in [1.82, 2.24) is 4.90 Å². The summed E-state index contributed by atoms with van der Waals surface area (Å²) in [5.74, 6) is 3.86. The summed E-state index contributed by atoms with van der Waals surface area (Å²) >= 11 is 0. The average molecular weight is 248 g/mol. The highest BCUT2D eigenvalue weighted by molar-refractivity contribution is 5.11. The fourth-order valence-corrected chi connectivity index (χ4v) is 2.67. The highest BCUT2D eigenvalue weighted by Crippen LogP contribution is 2.37. The summed E-state index contributed by atoms with van der Waals surface area (Å²) in [7, 11) is 0. The Hall–Kier alpha value is -0.800. The molecule has 3 nitrogen and oxygen atoms in total. The molecule has 2 saturated carbocycles. The molecule has 2 aliphatic rings. The van der Waals surface area contributed by atoms with Gasteiger partial charge in [-0.25, -0.2) is 0 Å². The molecular weight excluding hydrogens is 224 g/mol. The molecule has 0 radical (unpaired) electrons. The van der Waals surface area contributed by atoms with E-state index in [9.17, 15) is 0 Å². The van der Waals surface area contributed by atoms with E-state index in [-0.39, 0.29) is 6.04 Å². The summed E-state index contributed by atoms with van der Waals surface area (Å²) in [5.41, 5.74) is 6.01. The Morgan fingerprint density at radius 3 is 2.22 bits per heavy atom. The van der Waals surface area contributed by atoms with Crippen LogP contribution in [0.5, 0.6) is 0 Å². The molecule has 0 amide bonds. The minimum atomic E-state index is 0.278. The Morgan fingerprint density at radius 2 is 1.83 bits per heavy atom. The van der Waals surface area contributed by atoms with E-state index >= 15 is 0 Å². The number of furan rings is 1. The summed E-state index contributed by atoms with van der Waals surface area (Å²) in [5, 5.41) is 0. The minimum absolute atomic E-state index is 0.278. The smallest absolute Gasteiger partial charge is 0.122 e. The van der Waals surface area contributed by atoms with Crippen LogP contribution in [0.25, 0.3) is 0 Å². The van der Waals surface area contributed by atoms with E-state index in [1.807, 2.05) is 13.0 Å². The van der Waals surface area contributed by atoms with Crippen molar-refractivity contribution >= 4 is 0 Å². The summed E-state index contributed by atoms with van der Waals surface area (Å²) in [4.78, 5) is 2.58. The average Bonchev–Trinajstić information content (AvgIpc) is 3.25. The number of nitrogens with zero attached hydrogens (tertiary/aromatic N) is 1. The van der Waals surface area contributed by atoms with Crippen molar-refractivity contribution in [2.75, 3.05) is 19.6 Å². The van der Waals surface area contributed by atoms with Gasteiger partial charge in [-0.3, -0.25) is 4.90 Å². The summed E-state index contributed by atoms with van der Waals surface area (Å²) in [6.45, 7) is 5.08. The largest absolute Gasteiger partial charge is 0.465 e. The van der Waals surface area contributed by atoms with Crippen molar-refractivity contribution < 1.29 is 4.42 Å². The molecule has 2 fully saturated rings. The summed E-state index contributed by atoms with van der Waals surface area (Å²) in [6.07, 6.45) is 5.59. The number of aryl methyl sites for hydroxylation is 1. The second kappa shape index (κ2) is 5.06. The third-order valence-electron chi connectivity index (χ3n) is 4.13. The van der Waals surface area contributed by atoms with E-state index in [4.69, 9.17) is 10.2 Å². The molecule has 3 heteroatoms. The molecule has 0 aliphatic heterocycles. The van der Waals surface area contributed by atoms with E-state index in [1.54, 1.807) is 0 Å². The molecule has 1 atom stereocenters. The van der Waals surface area contributed by atoms with Crippen molar-refractivity contribution in [2.24, 2.45) is 17.6 Å². The van der Waals surface area contributed by atoms with Gasteiger partial charge in [0.25, 0.3) is 0 Å². The van der Waals surface area contributed by atoms with Crippen LogP contribution in [0.3, 0.4) is 0 Å². The van der Waals surface area contributed by atoms with Crippen LogP contribution in [0.1, 0.15) is 43.2 Å². The lowest BCUT2D eigenvalue weighted by atomic mass is 10.1. The normalized spacial score (nSPS) is 21.5. The standard InChI is InChI=1S/C15H24N2O/c1-11-2-7-15(18-11)14(8-16)17(9-12-3-4-12)10-13-5-6-13/h2,7,12-14H,3-6,8-10,16H2,1H3. The molecule has 3 rings (SSSR count). The number of hydrogen-bond acceptors (Lipinski definition) is 3. The van der Waals surface area contributed by atoms with Crippen LogP contribution in [0.2, 0.25) is 0 Å². The lowest BCUT2D eigenvalue weighted by molar-refractivity contribution is 0.163. The summed E-state index contributed by atoms with van der Waals surface area (Å²) < 4.78 is 5.80. The quantitative estimate of drug-likeness (QED) is 0.806. The number of hydrogen-bond donors (Lipinski definition) is 1. The van der Waals surface area contributed by atoms with Crippen LogP contribution in [0.4, 0.5) is 0 Å². The maximum absolute atomic E-state index is 6.01. The van der Waals surface area contributed by atoms with Crippen LogP contribution in [-0.2, 0) is 0 Å². The van der Waals surface area contributed by atoms with Crippen LogP contribution < -0.4 is 5.73 Å². The zero-order valence-corrected chi connectivity index (χ0v) is 11.3. The van der Waals surface area contributed by atoms with Gasteiger partial charge >= 0.3 is 0 Å². The van der Waals surface area contributed by atoms with Gasteiger partial charge < -0.3 is 10.2 Å². The van der Waals surface area contributed by atoms with Gasteiger partial charge in [0.2, 0.25) is 0 Å². The minimum Gasteiger partial charge on any atom is -0.465 e. The Bertz CT molecular complexity index is 379. The Balaban J connectivity index is 1.71. The van der Waals surface area contributed by atoms with Crippen LogP contribution in [0, 0.1) is 18.8 Å².